The van der Waals surface area contributed by atoms with Crippen molar-refractivity contribution in [2.24, 2.45) is 7.05 Å². The first-order valence-electron chi connectivity index (χ1n) is 7.52. The topological polar surface area (TPSA) is 75.9 Å². The Balaban J connectivity index is 1.65. The zero-order chi connectivity index (χ0) is 16.4. The summed E-state index contributed by atoms with van der Waals surface area (Å²) in [5.74, 6) is 0.371. The highest BCUT2D eigenvalue weighted by Crippen LogP contribution is 2.24. The Bertz CT molecular complexity index is 669. The smallest absolute Gasteiger partial charge is 0.271 e. The molecule has 0 spiro atoms. The largest absolute Gasteiger partial charge is 0.349 e. The van der Waals surface area contributed by atoms with Gasteiger partial charge in [-0.05, 0) is 25.1 Å². The molecule has 1 fully saturated rings. The molecule has 0 aliphatic carbocycles. The summed E-state index contributed by atoms with van der Waals surface area (Å²) in [6.07, 6.45) is 1.00. The molecule has 1 amide bonds. The lowest BCUT2D eigenvalue weighted by atomic mass is 10.2. The molecule has 0 aromatic carbocycles. The number of aromatic nitrogens is 4. The Hall–Kier alpha value is -2.51. The number of halogens is 1. The molecule has 0 unspecified atom stereocenters. The minimum absolute atomic E-state index is 0.143. The van der Waals surface area contributed by atoms with Crippen LogP contribution in [0.5, 0.6) is 0 Å². The normalized spacial score (nSPS) is 20.7. The van der Waals surface area contributed by atoms with E-state index in [4.69, 9.17) is 0 Å². The summed E-state index contributed by atoms with van der Waals surface area (Å²) in [5, 5.41) is 14.8. The number of carbonyl (C=O) groups excluding carboxylic acids is 1. The lowest BCUT2D eigenvalue weighted by molar-refractivity contribution is 0.0945. The standard InChI is InChI=1S/C15H19FN6O/c1-10-6-13(20-21(10)2)15(23)17-8-12-7-11(16)9-22(12)14-4-3-5-18-19-14/h3-6,11-12H,7-9H2,1-2H3,(H,17,23)/t11-,12-/m0/s1. The quantitative estimate of drug-likeness (QED) is 0.905. The summed E-state index contributed by atoms with van der Waals surface area (Å²) < 4.78 is 15.4. The number of hydrogen-bond donors (Lipinski definition) is 1. The van der Waals surface area contributed by atoms with Gasteiger partial charge in [0, 0.05) is 31.9 Å². The molecule has 3 heterocycles. The maximum Gasteiger partial charge on any atom is 0.271 e. The van der Waals surface area contributed by atoms with Gasteiger partial charge in [0.25, 0.3) is 5.91 Å². The van der Waals surface area contributed by atoms with Gasteiger partial charge < -0.3 is 10.2 Å². The minimum Gasteiger partial charge on any atom is -0.349 e. The van der Waals surface area contributed by atoms with Crippen molar-refractivity contribution in [1.82, 2.24) is 25.3 Å². The highest BCUT2D eigenvalue weighted by Gasteiger charge is 2.33. The third-order valence-corrected chi connectivity index (χ3v) is 4.06. The van der Waals surface area contributed by atoms with Gasteiger partial charge in [0.05, 0.1) is 12.6 Å². The number of alkyl halides is 1. The van der Waals surface area contributed by atoms with E-state index < -0.39 is 6.17 Å². The Morgan fingerprint density at radius 1 is 1.52 bits per heavy atom. The summed E-state index contributed by atoms with van der Waals surface area (Å²) in [6.45, 7) is 2.48. The molecule has 8 heteroatoms. The van der Waals surface area contributed by atoms with E-state index in [1.54, 1.807) is 36.1 Å². The van der Waals surface area contributed by atoms with Crippen molar-refractivity contribution in [3.8, 4) is 0 Å². The molecular weight excluding hydrogens is 299 g/mol. The Morgan fingerprint density at radius 3 is 3.00 bits per heavy atom. The lowest BCUT2D eigenvalue weighted by Gasteiger charge is -2.24. The molecule has 2 aromatic heterocycles. The maximum atomic E-state index is 13.8. The van der Waals surface area contributed by atoms with Crippen LogP contribution in [0.25, 0.3) is 0 Å². The minimum atomic E-state index is -0.934. The van der Waals surface area contributed by atoms with Crippen LogP contribution in [0.1, 0.15) is 22.6 Å². The summed E-state index contributed by atoms with van der Waals surface area (Å²) in [4.78, 5) is 14.0. The van der Waals surface area contributed by atoms with Crippen LogP contribution in [-0.4, -0.2) is 51.2 Å². The third-order valence-electron chi connectivity index (χ3n) is 4.06. The molecule has 2 atom stereocenters. The van der Waals surface area contributed by atoms with Crippen molar-refractivity contribution in [3.63, 3.8) is 0 Å². The lowest BCUT2D eigenvalue weighted by Crippen LogP contribution is -2.40. The van der Waals surface area contributed by atoms with Crippen molar-refractivity contribution in [2.75, 3.05) is 18.0 Å². The Kier molecular flexibility index (Phi) is 4.22. The summed E-state index contributed by atoms with van der Waals surface area (Å²) in [5.41, 5.74) is 1.27. The number of nitrogens with zero attached hydrogens (tertiary/aromatic N) is 5. The van der Waals surface area contributed by atoms with Crippen LogP contribution in [0, 0.1) is 6.92 Å². The molecule has 122 valence electrons. The second-order valence-electron chi connectivity index (χ2n) is 5.73. The molecular formula is C15H19FN6O. The molecule has 3 rings (SSSR count). The average molecular weight is 318 g/mol. The highest BCUT2D eigenvalue weighted by molar-refractivity contribution is 5.92. The van der Waals surface area contributed by atoms with Crippen LogP contribution in [0.4, 0.5) is 10.2 Å². The first kappa shape index (κ1) is 15.4. The average Bonchev–Trinajstić information content (AvgIpc) is 3.09. The SMILES string of the molecule is Cc1cc(C(=O)NC[C@@H]2C[C@H](F)CN2c2cccnn2)nn1C. The number of amides is 1. The molecule has 1 saturated heterocycles. The number of rotatable bonds is 4. The predicted octanol–water partition coefficient (Wildman–Crippen LogP) is 0.865. The monoisotopic (exact) mass is 318 g/mol. The van der Waals surface area contributed by atoms with E-state index in [0.717, 1.165) is 5.69 Å². The van der Waals surface area contributed by atoms with Gasteiger partial charge in [-0.2, -0.15) is 10.2 Å². The van der Waals surface area contributed by atoms with E-state index in [0.29, 0.717) is 24.5 Å². The number of nitrogens with one attached hydrogen (secondary N) is 1. The van der Waals surface area contributed by atoms with Crippen molar-refractivity contribution in [2.45, 2.75) is 25.6 Å². The van der Waals surface area contributed by atoms with E-state index in [2.05, 4.69) is 20.6 Å². The van der Waals surface area contributed by atoms with Crippen LogP contribution in [0.3, 0.4) is 0 Å². The van der Waals surface area contributed by atoms with Gasteiger partial charge in [-0.25, -0.2) is 4.39 Å². The van der Waals surface area contributed by atoms with E-state index in [9.17, 15) is 9.18 Å². The zero-order valence-electron chi connectivity index (χ0n) is 13.1. The van der Waals surface area contributed by atoms with Crippen molar-refractivity contribution < 1.29 is 9.18 Å². The van der Waals surface area contributed by atoms with Gasteiger partial charge in [0.2, 0.25) is 0 Å². The van der Waals surface area contributed by atoms with Gasteiger partial charge in [-0.3, -0.25) is 9.48 Å². The molecule has 0 radical (unpaired) electrons. The molecule has 1 aliphatic heterocycles. The van der Waals surface area contributed by atoms with Gasteiger partial charge in [-0.1, -0.05) is 0 Å². The molecule has 0 saturated carbocycles. The maximum absolute atomic E-state index is 13.8. The van der Waals surface area contributed by atoms with Crippen LogP contribution in [-0.2, 0) is 7.05 Å². The second kappa shape index (κ2) is 6.31. The van der Waals surface area contributed by atoms with Gasteiger partial charge >= 0.3 is 0 Å². The van der Waals surface area contributed by atoms with Crippen molar-refractivity contribution in [1.29, 1.82) is 0 Å². The second-order valence-corrected chi connectivity index (χ2v) is 5.73. The van der Waals surface area contributed by atoms with Crippen LogP contribution < -0.4 is 10.2 Å². The van der Waals surface area contributed by atoms with E-state index in [-0.39, 0.29) is 18.5 Å². The van der Waals surface area contributed by atoms with Crippen LogP contribution in [0.15, 0.2) is 24.4 Å². The number of aryl methyl sites for hydroxylation is 2. The molecule has 2 aromatic rings. The first-order chi connectivity index (χ1) is 11.0. The molecule has 7 nitrogen and oxygen atoms in total. The van der Waals surface area contributed by atoms with Crippen LogP contribution >= 0.6 is 0 Å². The number of hydrogen-bond acceptors (Lipinski definition) is 5. The van der Waals surface area contributed by atoms with Crippen molar-refractivity contribution >= 4 is 11.7 Å². The van der Waals surface area contributed by atoms with Crippen molar-refractivity contribution in [3.05, 3.63) is 35.8 Å². The molecule has 1 N–H and O–H groups in total. The fourth-order valence-corrected chi connectivity index (χ4v) is 2.75. The van der Waals surface area contributed by atoms with Gasteiger partial charge in [0.1, 0.15) is 11.9 Å². The van der Waals surface area contributed by atoms with E-state index >= 15 is 0 Å². The van der Waals surface area contributed by atoms with Gasteiger partial charge in [0.15, 0.2) is 5.82 Å². The fraction of sp³-hybridized carbons (Fsp3) is 0.467. The van der Waals surface area contributed by atoms with E-state index in [1.807, 2.05) is 11.8 Å². The number of anilines is 1. The Morgan fingerprint density at radius 2 is 2.35 bits per heavy atom. The zero-order valence-corrected chi connectivity index (χ0v) is 13.1. The predicted molar refractivity (Wildman–Crippen MR) is 83.0 cm³/mol. The van der Waals surface area contributed by atoms with E-state index in [1.165, 1.54) is 0 Å². The highest BCUT2D eigenvalue weighted by atomic mass is 19.1. The molecule has 1 aliphatic rings. The molecule has 0 bridgehead atoms. The van der Waals surface area contributed by atoms with Gasteiger partial charge in [-0.15, -0.1) is 5.10 Å². The summed E-state index contributed by atoms with van der Waals surface area (Å²) >= 11 is 0. The number of carbonyl (C=O) groups is 1. The summed E-state index contributed by atoms with van der Waals surface area (Å²) in [7, 11) is 1.78. The third kappa shape index (κ3) is 3.30. The summed E-state index contributed by atoms with van der Waals surface area (Å²) in [6, 6.07) is 5.14. The first-order valence-corrected chi connectivity index (χ1v) is 7.52. The Labute approximate surface area is 133 Å². The molecule has 23 heavy (non-hydrogen) atoms. The fourth-order valence-electron chi connectivity index (χ4n) is 2.75. The van der Waals surface area contributed by atoms with Crippen LogP contribution in [0.2, 0.25) is 0 Å².